The van der Waals surface area contributed by atoms with Gasteiger partial charge in [0.25, 0.3) is 0 Å². The van der Waals surface area contributed by atoms with Crippen molar-refractivity contribution in [2.45, 2.75) is 13.1 Å². The number of aromatic nitrogens is 2. The van der Waals surface area contributed by atoms with Gasteiger partial charge < -0.3 is 9.73 Å². The number of nitrogens with zero attached hydrogens (tertiary/aromatic N) is 2. The van der Waals surface area contributed by atoms with Crippen molar-refractivity contribution in [2.75, 3.05) is 0 Å². The Morgan fingerprint density at radius 3 is 2.63 bits per heavy atom. The average Bonchev–Trinajstić information content (AvgIpc) is 3.13. The first kappa shape index (κ1) is 11.7. The van der Waals surface area contributed by atoms with E-state index >= 15 is 0 Å². The lowest BCUT2D eigenvalue weighted by Gasteiger charge is -2.05. The van der Waals surface area contributed by atoms with Crippen molar-refractivity contribution >= 4 is 0 Å². The molecule has 2 heterocycles. The first-order chi connectivity index (χ1) is 9.42. The van der Waals surface area contributed by atoms with E-state index in [1.807, 2.05) is 29.1 Å². The van der Waals surface area contributed by atoms with Crippen LogP contribution in [-0.2, 0) is 13.1 Å². The van der Waals surface area contributed by atoms with Crippen LogP contribution >= 0.6 is 0 Å². The second-order valence-electron chi connectivity index (χ2n) is 4.30. The normalized spacial score (nSPS) is 10.7. The SMILES string of the molecule is c1coc(CNCc2ccc(-n3cccn3)cc2)c1. The molecule has 0 atom stereocenters. The average molecular weight is 253 g/mol. The molecule has 96 valence electrons. The molecule has 0 aliphatic rings. The maximum atomic E-state index is 5.27. The Morgan fingerprint density at radius 1 is 1.05 bits per heavy atom. The molecular weight excluding hydrogens is 238 g/mol. The Labute approximate surface area is 111 Å². The van der Waals surface area contributed by atoms with Crippen LogP contribution in [0.4, 0.5) is 0 Å². The van der Waals surface area contributed by atoms with Crippen LogP contribution in [0.2, 0.25) is 0 Å². The molecule has 19 heavy (non-hydrogen) atoms. The van der Waals surface area contributed by atoms with E-state index in [2.05, 4.69) is 34.7 Å². The monoisotopic (exact) mass is 253 g/mol. The molecule has 2 aromatic heterocycles. The minimum Gasteiger partial charge on any atom is -0.468 e. The highest BCUT2D eigenvalue weighted by Gasteiger charge is 1.98. The van der Waals surface area contributed by atoms with E-state index < -0.39 is 0 Å². The van der Waals surface area contributed by atoms with Gasteiger partial charge in [0, 0.05) is 18.9 Å². The lowest BCUT2D eigenvalue weighted by molar-refractivity contribution is 0.483. The minimum absolute atomic E-state index is 0.744. The fraction of sp³-hybridized carbons (Fsp3) is 0.133. The molecule has 0 saturated heterocycles. The Hall–Kier alpha value is -2.33. The molecule has 4 nitrogen and oxygen atoms in total. The molecule has 1 aromatic carbocycles. The van der Waals surface area contributed by atoms with Crippen LogP contribution < -0.4 is 5.32 Å². The van der Waals surface area contributed by atoms with Gasteiger partial charge >= 0.3 is 0 Å². The number of furan rings is 1. The van der Waals surface area contributed by atoms with Crippen molar-refractivity contribution in [3.63, 3.8) is 0 Å². The van der Waals surface area contributed by atoms with Gasteiger partial charge in [-0.1, -0.05) is 12.1 Å². The van der Waals surface area contributed by atoms with Crippen LogP contribution in [0.1, 0.15) is 11.3 Å². The van der Waals surface area contributed by atoms with Crippen molar-refractivity contribution < 1.29 is 4.42 Å². The highest BCUT2D eigenvalue weighted by molar-refractivity contribution is 5.33. The first-order valence-electron chi connectivity index (χ1n) is 6.24. The second-order valence-corrected chi connectivity index (χ2v) is 4.30. The van der Waals surface area contributed by atoms with Crippen LogP contribution in [0.15, 0.2) is 65.5 Å². The summed E-state index contributed by atoms with van der Waals surface area (Å²) in [4.78, 5) is 0. The van der Waals surface area contributed by atoms with E-state index in [4.69, 9.17) is 4.42 Å². The quantitative estimate of drug-likeness (QED) is 0.760. The van der Waals surface area contributed by atoms with Crippen molar-refractivity contribution in [3.8, 4) is 5.69 Å². The van der Waals surface area contributed by atoms with Gasteiger partial charge in [0.05, 0.1) is 18.5 Å². The lowest BCUT2D eigenvalue weighted by Crippen LogP contribution is -2.12. The molecule has 1 N–H and O–H groups in total. The maximum absolute atomic E-state index is 5.27. The van der Waals surface area contributed by atoms with Crippen LogP contribution in [0.5, 0.6) is 0 Å². The van der Waals surface area contributed by atoms with Gasteiger partial charge in [-0.3, -0.25) is 0 Å². The zero-order chi connectivity index (χ0) is 12.9. The highest BCUT2D eigenvalue weighted by Crippen LogP contribution is 2.08. The number of rotatable bonds is 5. The highest BCUT2D eigenvalue weighted by atomic mass is 16.3. The van der Waals surface area contributed by atoms with E-state index in [1.165, 1.54) is 5.56 Å². The van der Waals surface area contributed by atoms with Gasteiger partial charge in [-0.25, -0.2) is 4.68 Å². The van der Waals surface area contributed by atoms with E-state index in [0.29, 0.717) is 0 Å². The molecule has 0 radical (unpaired) electrons. The fourth-order valence-corrected chi connectivity index (χ4v) is 1.93. The molecular formula is C15H15N3O. The number of hydrogen-bond donors (Lipinski definition) is 1. The summed E-state index contributed by atoms with van der Waals surface area (Å²) in [7, 11) is 0. The third-order valence-corrected chi connectivity index (χ3v) is 2.91. The maximum Gasteiger partial charge on any atom is 0.117 e. The van der Waals surface area contributed by atoms with Crippen molar-refractivity contribution in [1.82, 2.24) is 15.1 Å². The summed E-state index contributed by atoms with van der Waals surface area (Å²) in [5.41, 5.74) is 2.31. The van der Waals surface area contributed by atoms with Crippen molar-refractivity contribution in [3.05, 3.63) is 72.4 Å². The summed E-state index contributed by atoms with van der Waals surface area (Å²) < 4.78 is 7.11. The molecule has 4 heteroatoms. The molecule has 3 aromatic rings. The van der Waals surface area contributed by atoms with Crippen LogP contribution in [0.25, 0.3) is 5.69 Å². The molecule has 0 spiro atoms. The smallest absolute Gasteiger partial charge is 0.117 e. The number of hydrogen-bond acceptors (Lipinski definition) is 3. The molecule has 3 rings (SSSR count). The summed E-state index contributed by atoms with van der Waals surface area (Å²) in [6, 6.07) is 14.1. The van der Waals surface area contributed by atoms with E-state index in [1.54, 1.807) is 12.5 Å². The number of benzene rings is 1. The van der Waals surface area contributed by atoms with Crippen LogP contribution in [0.3, 0.4) is 0 Å². The first-order valence-corrected chi connectivity index (χ1v) is 6.24. The zero-order valence-corrected chi connectivity index (χ0v) is 10.5. The molecule has 0 unspecified atom stereocenters. The van der Waals surface area contributed by atoms with E-state index in [-0.39, 0.29) is 0 Å². The number of nitrogens with one attached hydrogen (secondary N) is 1. The standard InChI is InChI=1S/C15H15N3O/c1-3-15(19-10-1)12-16-11-13-4-6-14(7-5-13)18-9-2-8-17-18/h1-10,16H,11-12H2. The Bertz CT molecular complexity index is 597. The second kappa shape index (κ2) is 5.54. The summed E-state index contributed by atoms with van der Waals surface area (Å²) >= 11 is 0. The van der Waals surface area contributed by atoms with Crippen LogP contribution in [-0.4, -0.2) is 9.78 Å². The molecule has 0 bridgehead atoms. The van der Waals surface area contributed by atoms with Crippen molar-refractivity contribution in [1.29, 1.82) is 0 Å². The van der Waals surface area contributed by atoms with Gasteiger partial charge in [-0.15, -0.1) is 0 Å². The summed E-state index contributed by atoms with van der Waals surface area (Å²) in [5.74, 6) is 0.952. The van der Waals surface area contributed by atoms with Gasteiger partial charge in [0.2, 0.25) is 0 Å². The summed E-state index contributed by atoms with van der Waals surface area (Å²) in [5, 5.41) is 7.54. The Balaban J connectivity index is 1.57. The predicted molar refractivity (Wildman–Crippen MR) is 72.8 cm³/mol. The third kappa shape index (κ3) is 2.92. The molecule has 0 aliphatic heterocycles. The predicted octanol–water partition coefficient (Wildman–Crippen LogP) is 2.76. The van der Waals surface area contributed by atoms with Gasteiger partial charge in [0.15, 0.2) is 0 Å². The molecule has 0 amide bonds. The molecule has 0 fully saturated rings. The zero-order valence-electron chi connectivity index (χ0n) is 10.5. The lowest BCUT2D eigenvalue weighted by atomic mass is 10.2. The molecule has 0 saturated carbocycles. The van der Waals surface area contributed by atoms with Crippen molar-refractivity contribution in [2.24, 2.45) is 0 Å². The fourth-order valence-electron chi connectivity index (χ4n) is 1.93. The van der Waals surface area contributed by atoms with Gasteiger partial charge in [0.1, 0.15) is 5.76 Å². The van der Waals surface area contributed by atoms with E-state index in [9.17, 15) is 0 Å². The summed E-state index contributed by atoms with van der Waals surface area (Å²) in [6.45, 7) is 1.56. The molecule has 0 aliphatic carbocycles. The van der Waals surface area contributed by atoms with Crippen LogP contribution in [0, 0.1) is 0 Å². The largest absolute Gasteiger partial charge is 0.468 e. The summed E-state index contributed by atoms with van der Waals surface area (Å²) in [6.07, 6.45) is 5.40. The topological polar surface area (TPSA) is 43.0 Å². The van der Waals surface area contributed by atoms with Gasteiger partial charge in [-0.05, 0) is 35.9 Å². The third-order valence-electron chi connectivity index (χ3n) is 2.91. The van der Waals surface area contributed by atoms with E-state index in [0.717, 1.165) is 24.5 Å². The minimum atomic E-state index is 0.744. The Morgan fingerprint density at radius 2 is 1.95 bits per heavy atom. The van der Waals surface area contributed by atoms with Gasteiger partial charge in [-0.2, -0.15) is 5.10 Å². The Kier molecular flexibility index (Phi) is 3.42.